The molecule has 2 atom stereocenters. The molecule has 1 saturated heterocycles. The first-order valence-corrected chi connectivity index (χ1v) is 11.2. The zero-order chi connectivity index (χ0) is 23.9. The average molecular weight is 492 g/mol. The van der Waals surface area contributed by atoms with Gasteiger partial charge in [0.2, 0.25) is 0 Å². The first-order valence-electron chi connectivity index (χ1n) is 10.3. The molecule has 0 radical (unpaired) electrons. The zero-order valence-corrected chi connectivity index (χ0v) is 18.2. The molecule has 4 rings (SSSR count). The number of nitrogens with zero attached hydrogens (tertiary/aromatic N) is 2. The minimum absolute atomic E-state index is 0.00283. The number of hydrogen-bond donors (Lipinski definition) is 2. The first kappa shape index (κ1) is 23.5. The standard InChI is InChI=1S/C20H21F5N4O3S/c1-26-18(30)11-8-33-17-12(20(23,24)25)6-15(28-16(11)17)29-3-2-14(13(22)7-29)32-19(31)27-10-4-9(21)5-10/h6,8-10,13-14H,2-5,7H2,1H3,(H,26,30)(H,27,31). The number of halogens is 5. The molecule has 2 N–H and O–H groups in total. The number of rotatable bonds is 4. The van der Waals surface area contributed by atoms with E-state index >= 15 is 0 Å². The van der Waals surface area contributed by atoms with Crippen LogP contribution < -0.4 is 15.5 Å². The Morgan fingerprint density at radius 1 is 1.27 bits per heavy atom. The third-order valence-electron chi connectivity index (χ3n) is 5.75. The predicted molar refractivity (Wildman–Crippen MR) is 111 cm³/mol. The summed E-state index contributed by atoms with van der Waals surface area (Å²) in [5.41, 5.74) is -1.06. The number of anilines is 1. The van der Waals surface area contributed by atoms with Crippen molar-refractivity contribution >= 4 is 39.4 Å². The molecule has 0 bridgehead atoms. The highest BCUT2D eigenvalue weighted by Gasteiger charge is 2.38. The molecule has 3 heterocycles. The Bertz CT molecular complexity index is 1060. The summed E-state index contributed by atoms with van der Waals surface area (Å²) in [4.78, 5) is 29.6. The van der Waals surface area contributed by atoms with E-state index < -0.39 is 42.2 Å². The topological polar surface area (TPSA) is 83.6 Å². The number of alkyl halides is 5. The molecule has 0 aromatic carbocycles. The van der Waals surface area contributed by atoms with Gasteiger partial charge in [0, 0.05) is 31.4 Å². The Labute approximate surface area is 189 Å². The maximum atomic E-state index is 14.8. The lowest BCUT2D eigenvalue weighted by molar-refractivity contribution is -0.136. The molecule has 2 fully saturated rings. The molecule has 1 saturated carbocycles. The quantitative estimate of drug-likeness (QED) is 0.635. The Morgan fingerprint density at radius 2 is 2.00 bits per heavy atom. The Hall–Kier alpha value is -2.70. The number of aromatic nitrogens is 1. The SMILES string of the molecule is CNC(=O)c1csc2c(C(F)(F)F)cc(N3CCC(OC(=O)NC4CC(F)C4)C(F)C3)nc12. The highest BCUT2D eigenvalue weighted by molar-refractivity contribution is 7.17. The number of piperidine rings is 1. The molecule has 7 nitrogen and oxygen atoms in total. The second-order valence-electron chi connectivity index (χ2n) is 8.04. The Kier molecular flexibility index (Phi) is 6.34. The van der Waals surface area contributed by atoms with Crippen LogP contribution in [0.25, 0.3) is 10.2 Å². The maximum Gasteiger partial charge on any atom is 0.417 e. The minimum atomic E-state index is -4.70. The molecule has 13 heteroatoms. The Morgan fingerprint density at radius 3 is 2.61 bits per heavy atom. The molecule has 180 valence electrons. The van der Waals surface area contributed by atoms with Gasteiger partial charge in [0.05, 0.1) is 27.9 Å². The zero-order valence-electron chi connectivity index (χ0n) is 17.4. The van der Waals surface area contributed by atoms with Crippen LogP contribution in [0.1, 0.15) is 35.2 Å². The monoisotopic (exact) mass is 492 g/mol. The van der Waals surface area contributed by atoms with Crippen molar-refractivity contribution in [3.63, 3.8) is 0 Å². The highest BCUT2D eigenvalue weighted by atomic mass is 32.1. The van der Waals surface area contributed by atoms with Crippen LogP contribution in [0.5, 0.6) is 0 Å². The third kappa shape index (κ3) is 4.82. The summed E-state index contributed by atoms with van der Waals surface area (Å²) in [6.07, 6.45) is -8.88. The normalized spacial score (nSPS) is 25.5. The summed E-state index contributed by atoms with van der Waals surface area (Å²) in [7, 11) is 1.36. The number of nitrogens with one attached hydrogen (secondary N) is 2. The summed E-state index contributed by atoms with van der Waals surface area (Å²) < 4.78 is 73.7. The van der Waals surface area contributed by atoms with Gasteiger partial charge in [0.15, 0.2) is 6.17 Å². The Balaban J connectivity index is 1.52. The first-order chi connectivity index (χ1) is 15.6. The summed E-state index contributed by atoms with van der Waals surface area (Å²) in [5, 5.41) is 6.14. The van der Waals surface area contributed by atoms with Crippen LogP contribution in [0.4, 0.5) is 32.6 Å². The lowest BCUT2D eigenvalue weighted by Gasteiger charge is -2.36. The van der Waals surface area contributed by atoms with Gasteiger partial charge in [0.25, 0.3) is 5.91 Å². The van der Waals surface area contributed by atoms with E-state index in [0.29, 0.717) is 0 Å². The van der Waals surface area contributed by atoms with Crippen LogP contribution in [-0.4, -0.2) is 61.6 Å². The minimum Gasteiger partial charge on any atom is -0.443 e. The highest BCUT2D eigenvalue weighted by Crippen LogP contribution is 2.40. The smallest absolute Gasteiger partial charge is 0.417 e. The van der Waals surface area contributed by atoms with Gasteiger partial charge in [-0.25, -0.2) is 18.6 Å². The number of fused-ring (bicyclic) bond motifs is 1. The number of carbonyl (C=O) groups is 2. The van der Waals surface area contributed by atoms with Crippen molar-refractivity contribution in [1.29, 1.82) is 0 Å². The van der Waals surface area contributed by atoms with E-state index in [1.54, 1.807) is 0 Å². The van der Waals surface area contributed by atoms with Crippen molar-refractivity contribution in [2.75, 3.05) is 25.0 Å². The molecule has 2 aromatic heterocycles. The van der Waals surface area contributed by atoms with E-state index in [2.05, 4.69) is 15.6 Å². The van der Waals surface area contributed by atoms with Crippen LogP contribution in [0, 0.1) is 0 Å². The van der Waals surface area contributed by atoms with E-state index in [1.807, 2.05) is 0 Å². The summed E-state index contributed by atoms with van der Waals surface area (Å²) in [5.74, 6) is -0.696. The summed E-state index contributed by atoms with van der Waals surface area (Å²) in [6, 6.07) is 0.499. The van der Waals surface area contributed by atoms with Gasteiger partial charge in [-0.2, -0.15) is 13.2 Å². The third-order valence-corrected chi connectivity index (χ3v) is 6.76. The van der Waals surface area contributed by atoms with Crippen LogP contribution in [0.3, 0.4) is 0 Å². The van der Waals surface area contributed by atoms with E-state index in [0.717, 1.165) is 17.4 Å². The molecule has 2 aromatic rings. The van der Waals surface area contributed by atoms with Gasteiger partial charge in [0.1, 0.15) is 18.1 Å². The number of hydrogen-bond acceptors (Lipinski definition) is 6. The average Bonchev–Trinajstić information content (AvgIpc) is 3.16. The molecule has 2 unspecified atom stereocenters. The molecule has 2 aliphatic rings. The van der Waals surface area contributed by atoms with E-state index in [1.165, 1.54) is 17.3 Å². The summed E-state index contributed by atoms with van der Waals surface area (Å²) in [6.45, 7) is -0.257. The van der Waals surface area contributed by atoms with Gasteiger partial charge in [-0.15, -0.1) is 11.3 Å². The van der Waals surface area contributed by atoms with Crippen molar-refractivity contribution in [3.8, 4) is 0 Å². The number of ether oxygens (including phenoxy) is 1. The van der Waals surface area contributed by atoms with Crippen LogP contribution >= 0.6 is 11.3 Å². The second-order valence-corrected chi connectivity index (χ2v) is 8.92. The fraction of sp³-hybridized carbons (Fsp3) is 0.550. The second kappa shape index (κ2) is 8.92. The fourth-order valence-corrected chi connectivity index (χ4v) is 4.92. The van der Waals surface area contributed by atoms with Crippen molar-refractivity contribution in [2.24, 2.45) is 0 Å². The number of amides is 2. The molecule has 0 spiro atoms. The van der Waals surface area contributed by atoms with Gasteiger partial charge in [-0.1, -0.05) is 0 Å². The van der Waals surface area contributed by atoms with Gasteiger partial charge >= 0.3 is 12.3 Å². The number of pyridine rings is 1. The molecular weight excluding hydrogens is 471 g/mol. The molecular formula is C20H21F5N4O3S. The maximum absolute atomic E-state index is 14.8. The van der Waals surface area contributed by atoms with Crippen LogP contribution in [-0.2, 0) is 10.9 Å². The predicted octanol–water partition coefficient (Wildman–Crippen LogP) is 3.82. The van der Waals surface area contributed by atoms with E-state index in [-0.39, 0.29) is 60.0 Å². The molecule has 1 aliphatic carbocycles. The lowest BCUT2D eigenvalue weighted by Crippen LogP contribution is -2.50. The lowest BCUT2D eigenvalue weighted by atomic mass is 9.91. The van der Waals surface area contributed by atoms with Crippen LogP contribution in [0.15, 0.2) is 11.4 Å². The van der Waals surface area contributed by atoms with Crippen molar-refractivity contribution in [1.82, 2.24) is 15.6 Å². The van der Waals surface area contributed by atoms with E-state index in [9.17, 15) is 31.5 Å². The molecule has 1 aliphatic heterocycles. The van der Waals surface area contributed by atoms with Gasteiger partial charge in [-0.3, -0.25) is 4.79 Å². The number of alkyl carbamates (subject to hydrolysis) is 1. The van der Waals surface area contributed by atoms with Crippen molar-refractivity contribution in [3.05, 3.63) is 22.6 Å². The van der Waals surface area contributed by atoms with Crippen molar-refractivity contribution in [2.45, 2.75) is 49.9 Å². The fourth-order valence-electron chi connectivity index (χ4n) is 3.89. The van der Waals surface area contributed by atoms with Crippen LogP contribution in [0.2, 0.25) is 0 Å². The largest absolute Gasteiger partial charge is 0.443 e. The molecule has 33 heavy (non-hydrogen) atoms. The van der Waals surface area contributed by atoms with Gasteiger partial charge in [-0.05, 0) is 18.9 Å². The summed E-state index contributed by atoms with van der Waals surface area (Å²) >= 11 is 0.762. The van der Waals surface area contributed by atoms with Gasteiger partial charge < -0.3 is 20.3 Å². The number of thiophene rings is 1. The van der Waals surface area contributed by atoms with Crippen molar-refractivity contribution < 1.29 is 36.3 Å². The van der Waals surface area contributed by atoms with E-state index in [4.69, 9.17) is 4.74 Å². The molecule has 2 amide bonds. The number of carbonyl (C=O) groups excluding carboxylic acids is 2.